The molecule has 1 heteroatoms. The molecule has 14 heavy (non-hydrogen) atoms. The van der Waals surface area contributed by atoms with Crippen molar-refractivity contribution in [3.8, 4) is 0 Å². The molecular formula is C13H28Si. The van der Waals surface area contributed by atoms with E-state index in [2.05, 4.69) is 27.7 Å². The lowest BCUT2D eigenvalue weighted by Crippen LogP contribution is -2.41. The lowest BCUT2D eigenvalue weighted by Gasteiger charge is -2.43. The number of hydrogen-bond acceptors (Lipinski definition) is 0. The predicted octanol–water partition coefficient (Wildman–Crippen LogP) is 5.08. The van der Waals surface area contributed by atoms with Crippen molar-refractivity contribution in [2.75, 3.05) is 0 Å². The highest BCUT2D eigenvalue weighted by molar-refractivity contribution is 6.81. The summed E-state index contributed by atoms with van der Waals surface area (Å²) in [7, 11) is -0.880. The van der Waals surface area contributed by atoms with E-state index in [1.807, 2.05) is 0 Å². The maximum atomic E-state index is 2.52. The van der Waals surface area contributed by atoms with E-state index in [1.165, 1.54) is 37.4 Å². The zero-order chi connectivity index (χ0) is 10.6. The molecule has 2 atom stereocenters. The zero-order valence-electron chi connectivity index (χ0n) is 10.6. The van der Waals surface area contributed by atoms with Crippen molar-refractivity contribution in [1.82, 2.24) is 0 Å². The molecule has 0 nitrogen and oxygen atoms in total. The van der Waals surface area contributed by atoms with Crippen LogP contribution in [-0.4, -0.2) is 8.07 Å². The second-order valence-electron chi connectivity index (χ2n) is 5.29. The first kappa shape index (κ1) is 12.3. The normalized spacial score (nSPS) is 29.1. The molecule has 0 bridgehead atoms. The van der Waals surface area contributed by atoms with E-state index in [0.29, 0.717) is 0 Å². The van der Waals surface area contributed by atoms with Gasteiger partial charge in [0, 0.05) is 0 Å². The lowest BCUT2D eigenvalue weighted by molar-refractivity contribution is 0.372. The van der Waals surface area contributed by atoms with Crippen molar-refractivity contribution in [1.29, 1.82) is 0 Å². The second-order valence-corrected chi connectivity index (χ2v) is 10.9. The standard InChI is InChI=1S/C13H28Si/c1-5-14(6-2,7-3)13-11-9-8-10-12(13)4/h12-13H,5-11H2,1-4H3/t12-,13+/m0/s1. The van der Waals surface area contributed by atoms with Crippen LogP contribution in [0.4, 0.5) is 0 Å². The van der Waals surface area contributed by atoms with Crippen LogP contribution in [0.25, 0.3) is 0 Å². The van der Waals surface area contributed by atoms with Gasteiger partial charge in [-0.05, 0) is 11.5 Å². The minimum Gasteiger partial charge on any atom is -0.0678 e. The molecule has 0 unspecified atom stereocenters. The molecule has 0 N–H and O–H groups in total. The Kier molecular flexibility index (Phi) is 4.69. The minimum atomic E-state index is -0.880. The Morgan fingerprint density at radius 2 is 1.43 bits per heavy atom. The first-order valence-corrected chi connectivity index (χ1v) is 9.40. The van der Waals surface area contributed by atoms with Crippen LogP contribution in [-0.2, 0) is 0 Å². The van der Waals surface area contributed by atoms with Crippen LogP contribution in [0, 0.1) is 5.92 Å². The Balaban J connectivity index is 2.74. The summed E-state index contributed by atoms with van der Waals surface area (Å²) in [6, 6.07) is 4.57. The van der Waals surface area contributed by atoms with Crippen LogP contribution in [0.3, 0.4) is 0 Å². The third-order valence-electron chi connectivity index (χ3n) is 5.01. The fourth-order valence-electron chi connectivity index (χ4n) is 3.76. The van der Waals surface area contributed by atoms with Crippen LogP contribution < -0.4 is 0 Å². The molecule has 0 spiro atoms. The van der Waals surface area contributed by atoms with Gasteiger partial charge in [-0.15, -0.1) is 0 Å². The topological polar surface area (TPSA) is 0 Å². The quantitative estimate of drug-likeness (QED) is 0.570. The first-order valence-electron chi connectivity index (χ1n) is 6.70. The van der Waals surface area contributed by atoms with Gasteiger partial charge >= 0.3 is 0 Å². The molecule has 0 heterocycles. The number of rotatable bonds is 4. The smallest absolute Gasteiger partial charge is 0.0561 e. The molecule has 0 aromatic carbocycles. The largest absolute Gasteiger partial charge is 0.0678 e. The molecule has 0 aromatic heterocycles. The van der Waals surface area contributed by atoms with E-state index in [0.717, 1.165) is 11.5 Å². The summed E-state index contributed by atoms with van der Waals surface area (Å²) in [5.41, 5.74) is 1.15. The zero-order valence-corrected chi connectivity index (χ0v) is 11.6. The van der Waals surface area contributed by atoms with Gasteiger partial charge in [0.1, 0.15) is 0 Å². The Hall–Kier alpha value is 0.217. The van der Waals surface area contributed by atoms with E-state index in [9.17, 15) is 0 Å². The van der Waals surface area contributed by atoms with Crippen LogP contribution >= 0.6 is 0 Å². The van der Waals surface area contributed by atoms with E-state index in [4.69, 9.17) is 0 Å². The molecule has 0 saturated heterocycles. The van der Waals surface area contributed by atoms with Gasteiger partial charge in [-0.25, -0.2) is 0 Å². The summed E-state index contributed by atoms with van der Waals surface area (Å²) in [6.07, 6.45) is 6.09. The van der Waals surface area contributed by atoms with Gasteiger partial charge in [0.15, 0.2) is 0 Å². The molecule has 84 valence electrons. The lowest BCUT2D eigenvalue weighted by atomic mass is 9.90. The molecule has 1 rings (SSSR count). The van der Waals surface area contributed by atoms with Gasteiger partial charge in [0.05, 0.1) is 8.07 Å². The van der Waals surface area contributed by atoms with Gasteiger partial charge in [-0.3, -0.25) is 0 Å². The van der Waals surface area contributed by atoms with E-state index < -0.39 is 8.07 Å². The Labute approximate surface area is 91.5 Å². The van der Waals surface area contributed by atoms with Gasteiger partial charge < -0.3 is 0 Å². The number of hydrogen-bond donors (Lipinski definition) is 0. The maximum absolute atomic E-state index is 2.52. The van der Waals surface area contributed by atoms with Gasteiger partial charge in [-0.2, -0.15) is 0 Å². The molecule has 1 aliphatic rings. The summed E-state index contributed by atoms with van der Waals surface area (Å²) < 4.78 is 0. The van der Waals surface area contributed by atoms with Gasteiger partial charge in [0.25, 0.3) is 0 Å². The van der Waals surface area contributed by atoms with Crippen molar-refractivity contribution in [2.24, 2.45) is 5.92 Å². The highest BCUT2D eigenvalue weighted by Gasteiger charge is 2.39. The highest BCUT2D eigenvalue weighted by Crippen LogP contribution is 2.46. The molecule has 0 radical (unpaired) electrons. The Morgan fingerprint density at radius 1 is 0.929 bits per heavy atom. The minimum absolute atomic E-state index is 0.880. The second kappa shape index (κ2) is 5.34. The molecule has 0 aromatic rings. The monoisotopic (exact) mass is 212 g/mol. The fourth-order valence-corrected chi connectivity index (χ4v) is 9.03. The summed E-state index contributed by atoms with van der Waals surface area (Å²) in [5.74, 6) is 1.04. The van der Waals surface area contributed by atoms with E-state index >= 15 is 0 Å². The summed E-state index contributed by atoms with van der Waals surface area (Å²) >= 11 is 0. The summed E-state index contributed by atoms with van der Waals surface area (Å²) in [4.78, 5) is 0. The van der Waals surface area contributed by atoms with Gasteiger partial charge in [0.2, 0.25) is 0 Å². The van der Waals surface area contributed by atoms with Crippen molar-refractivity contribution < 1.29 is 0 Å². The fraction of sp³-hybridized carbons (Fsp3) is 1.00. The van der Waals surface area contributed by atoms with Crippen LogP contribution in [0.15, 0.2) is 0 Å². The van der Waals surface area contributed by atoms with Crippen molar-refractivity contribution in [2.45, 2.75) is 77.1 Å². The summed E-state index contributed by atoms with van der Waals surface area (Å²) in [6.45, 7) is 9.90. The Morgan fingerprint density at radius 3 is 1.86 bits per heavy atom. The van der Waals surface area contributed by atoms with Crippen LogP contribution in [0.1, 0.15) is 53.4 Å². The average Bonchev–Trinajstić information content (AvgIpc) is 2.24. The SMILES string of the molecule is CC[Si](CC)(CC)[C@@H]1CCCC[C@@H]1C. The predicted molar refractivity (Wildman–Crippen MR) is 68.6 cm³/mol. The molecule has 1 aliphatic carbocycles. The van der Waals surface area contributed by atoms with E-state index in [1.54, 1.807) is 6.42 Å². The highest BCUT2D eigenvalue weighted by atomic mass is 28.3. The molecule has 1 fully saturated rings. The third kappa shape index (κ3) is 2.24. The first-order chi connectivity index (χ1) is 6.70. The third-order valence-corrected chi connectivity index (χ3v) is 11.7. The molecule has 0 amide bonds. The van der Waals surface area contributed by atoms with Crippen LogP contribution in [0.5, 0.6) is 0 Å². The summed E-state index contributed by atoms with van der Waals surface area (Å²) in [5, 5.41) is 0. The molecule has 0 aliphatic heterocycles. The van der Waals surface area contributed by atoms with Crippen molar-refractivity contribution in [3.05, 3.63) is 0 Å². The van der Waals surface area contributed by atoms with Crippen molar-refractivity contribution in [3.63, 3.8) is 0 Å². The Bertz CT molecular complexity index is 152. The van der Waals surface area contributed by atoms with Crippen molar-refractivity contribution >= 4 is 8.07 Å². The van der Waals surface area contributed by atoms with Crippen LogP contribution in [0.2, 0.25) is 23.7 Å². The maximum Gasteiger partial charge on any atom is 0.0561 e. The molecular weight excluding hydrogens is 184 g/mol. The molecule has 1 saturated carbocycles. The van der Waals surface area contributed by atoms with Gasteiger partial charge in [-0.1, -0.05) is 71.5 Å². The van der Waals surface area contributed by atoms with E-state index in [-0.39, 0.29) is 0 Å². The average molecular weight is 212 g/mol.